The Balaban J connectivity index is 1.90. The first-order valence-electron chi connectivity index (χ1n) is 8.17. The predicted octanol–water partition coefficient (Wildman–Crippen LogP) is 5.04. The van der Waals surface area contributed by atoms with Gasteiger partial charge in [-0.15, -0.1) is 0 Å². The Kier molecular flexibility index (Phi) is 8.19. The third-order valence-corrected chi connectivity index (χ3v) is 4.22. The maximum atomic E-state index is 12.2. The number of amides is 2. The standard InChI is InChI=1S/C19H22Cl2N2O3/c1-13(17-7-6-15(20)11-18(17)21)22-19(24)23-16-5-3-4-14(10-16)12-26-9-8-25-2/h3-7,10-11,13H,8-9,12H2,1-2H3,(H2,22,23,24). The average Bonchev–Trinajstić information content (AvgIpc) is 2.59. The molecule has 0 aliphatic carbocycles. The number of hydrogen-bond acceptors (Lipinski definition) is 3. The van der Waals surface area contributed by atoms with Gasteiger partial charge in [-0.25, -0.2) is 4.79 Å². The van der Waals surface area contributed by atoms with Crippen LogP contribution in [0.15, 0.2) is 42.5 Å². The van der Waals surface area contributed by atoms with Crippen LogP contribution < -0.4 is 10.6 Å². The second kappa shape index (κ2) is 10.4. The molecule has 2 aromatic rings. The van der Waals surface area contributed by atoms with Crippen molar-refractivity contribution in [3.8, 4) is 0 Å². The first kappa shape index (κ1) is 20.5. The highest BCUT2D eigenvalue weighted by molar-refractivity contribution is 6.35. The zero-order chi connectivity index (χ0) is 18.9. The molecule has 5 nitrogen and oxygen atoms in total. The Hall–Kier alpha value is -1.79. The minimum absolute atomic E-state index is 0.264. The lowest BCUT2D eigenvalue weighted by molar-refractivity contribution is 0.0617. The highest BCUT2D eigenvalue weighted by atomic mass is 35.5. The molecule has 1 atom stereocenters. The van der Waals surface area contributed by atoms with E-state index < -0.39 is 0 Å². The van der Waals surface area contributed by atoms with Crippen LogP contribution in [0.2, 0.25) is 10.0 Å². The van der Waals surface area contributed by atoms with Crippen molar-refractivity contribution >= 4 is 34.9 Å². The molecule has 0 aliphatic rings. The summed E-state index contributed by atoms with van der Waals surface area (Å²) in [6, 6.07) is 12.1. The van der Waals surface area contributed by atoms with Crippen molar-refractivity contribution in [3.05, 3.63) is 63.6 Å². The molecule has 7 heteroatoms. The van der Waals surface area contributed by atoms with Gasteiger partial charge in [0.05, 0.1) is 25.9 Å². The number of urea groups is 1. The fourth-order valence-electron chi connectivity index (χ4n) is 2.37. The zero-order valence-electron chi connectivity index (χ0n) is 14.7. The summed E-state index contributed by atoms with van der Waals surface area (Å²) >= 11 is 12.1. The number of carbonyl (C=O) groups is 1. The molecule has 0 bridgehead atoms. The maximum Gasteiger partial charge on any atom is 0.319 e. The lowest BCUT2D eigenvalue weighted by Crippen LogP contribution is -2.31. The normalized spacial score (nSPS) is 11.8. The summed E-state index contributed by atoms with van der Waals surface area (Å²) in [6.45, 7) is 3.38. The van der Waals surface area contributed by atoms with Crippen LogP contribution in [0.4, 0.5) is 10.5 Å². The Morgan fingerprint density at radius 3 is 2.69 bits per heavy atom. The molecule has 1 unspecified atom stereocenters. The van der Waals surface area contributed by atoms with Crippen LogP contribution in [0.1, 0.15) is 24.1 Å². The number of carbonyl (C=O) groups excluding carboxylic acids is 1. The SMILES string of the molecule is COCCOCc1cccc(NC(=O)NC(C)c2ccc(Cl)cc2Cl)c1. The third-order valence-electron chi connectivity index (χ3n) is 3.66. The lowest BCUT2D eigenvalue weighted by atomic mass is 10.1. The Labute approximate surface area is 163 Å². The maximum absolute atomic E-state index is 12.2. The van der Waals surface area contributed by atoms with Crippen LogP contribution in [0.3, 0.4) is 0 Å². The second-order valence-electron chi connectivity index (χ2n) is 5.73. The van der Waals surface area contributed by atoms with E-state index in [1.165, 1.54) is 0 Å². The van der Waals surface area contributed by atoms with Gasteiger partial charge in [-0.1, -0.05) is 41.4 Å². The van der Waals surface area contributed by atoms with Crippen LogP contribution in [0.5, 0.6) is 0 Å². The quantitative estimate of drug-likeness (QED) is 0.614. The minimum atomic E-state index is -0.319. The van der Waals surface area contributed by atoms with Gasteiger partial charge in [-0.2, -0.15) is 0 Å². The molecular formula is C19H22Cl2N2O3. The van der Waals surface area contributed by atoms with Crippen molar-refractivity contribution in [1.29, 1.82) is 0 Å². The van der Waals surface area contributed by atoms with Gasteiger partial charge in [0.2, 0.25) is 0 Å². The van der Waals surface area contributed by atoms with Crippen molar-refractivity contribution in [1.82, 2.24) is 5.32 Å². The number of hydrogen-bond donors (Lipinski definition) is 2. The highest BCUT2D eigenvalue weighted by Gasteiger charge is 2.13. The number of rotatable bonds is 8. The summed E-state index contributed by atoms with van der Waals surface area (Å²) in [5, 5.41) is 6.74. The summed E-state index contributed by atoms with van der Waals surface area (Å²) in [6.07, 6.45) is 0. The van der Waals surface area contributed by atoms with Gasteiger partial charge < -0.3 is 20.1 Å². The Morgan fingerprint density at radius 2 is 1.96 bits per heavy atom. The largest absolute Gasteiger partial charge is 0.382 e. The lowest BCUT2D eigenvalue weighted by Gasteiger charge is -2.17. The molecule has 0 heterocycles. The van der Waals surface area contributed by atoms with Gasteiger partial charge in [0, 0.05) is 22.8 Å². The molecule has 2 amide bonds. The first-order chi connectivity index (χ1) is 12.5. The fourth-order valence-corrected chi connectivity index (χ4v) is 2.94. The Morgan fingerprint density at radius 1 is 1.15 bits per heavy atom. The summed E-state index contributed by atoms with van der Waals surface area (Å²) < 4.78 is 10.4. The number of ether oxygens (including phenoxy) is 2. The molecule has 2 rings (SSSR count). The van der Waals surface area contributed by atoms with Crippen LogP contribution >= 0.6 is 23.2 Å². The van der Waals surface area contributed by atoms with E-state index in [1.54, 1.807) is 25.3 Å². The van der Waals surface area contributed by atoms with Gasteiger partial charge in [-0.05, 0) is 42.3 Å². The van der Waals surface area contributed by atoms with E-state index >= 15 is 0 Å². The van der Waals surface area contributed by atoms with E-state index in [9.17, 15) is 4.79 Å². The molecule has 140 valence electrons. The minimum Gasteiger partial charge on any atom is -0.382 e. The topological polar surface area (TPSA) is 59.6 Å². The van der Waals surface area contributed by atoms with Crippen molar-refractivity contribution in [3.63, 3.8) is 0 Å². The van der Waals surface area contributed by atoms with E-state index in [2.05, 4.69) is 10.6 Å². The first-order valence-corrected chi connectivity index (χ1v) is 8.93. The summed E-state index contributed by atoms with van der Waals surface area (Å²) in [7, 11) is 1.63. The molecular weight excluding hydrogens is 375 g/mol. The van der Waals surface area contributed by atoms with Gasteiger partial charge in [-0.3, -0.25) is 0 Å². The molecule has 0 radical (unpaired) electrons. The molecule has 2 N–H and O–H groups in total. The molecule has 0 fully saturated rings. The van der Waals surface area contributed by atoms with Gasteiger partial charge in [0.15, 0.2) is 0 Å². The molecule has 2 aromatic carbocycles. The molecule has 0 aromatic heterocycles. The number of nitrogens with one attached hydrogen (secondary N) is 2. The predicted molar refractivity (Wildman–Crippen MR) is 105 cm³/mol. The van der Waals surface area contributed by atoms with Gasteiger partial charge in [0.25, 0.3) is 0 Å². The van der Waals surface area contributed by atoms with Gasteiger partial charge in [0.1, 0.15) is 0 Å². The molecule has 0 spiro atoms. The highest BCUT2D eigenvalue weighted by Crippen LogP contribution is 2.26. The van der Waals surface area contributed by atoms with Crippen LogP contribution in [-0.4, -0.2) is 26.4 Å². The van der Waals surface area contributed by atoms with E-state index in [-0.39, 0.29) is 12.1 Å². The van der Waals surface area contributed by atoms with Gasteiger partial charge >= 0.3 is 6.03 Å². The van der Waals surface area contributed by atoms with E-state index in [1.807, 2.05) is 31.2 Å². The second-order valence-corrected chi connectivity index (χ2v) is 6.58. The average molecular weight is 397 g/mol. The third kappa shape index (κ3) is 6.50. The molecule has 0 saturated heterocycles. The number of halogens is 2. The van der Waals surface area contributed by atoms with Crippen LogP contribution in [-0.2, 0) is 16.1 Å². The number of methoxy groups -OCH3 is 1. The summed E-state index contributed by atoms with van der Waals surface area (Å²) in [4.78, 5) is 12.2. The monoisotopic (exact) mass is 396 g/mol. The smallest absolute Gasteiger partial charge is 0.319 e. The number of anilines is 1. The molecule has 0 aliphatic heterocycles. The summed E-state index contributed by atoms with van der Waals surface area (Å²) in [5.41, 5.74) is 2.45. The molecule has 0 saturated carbocycles. The summed E-state index contributed by atoms with van der Waals surface area (Å²) in [5.74, 6) is 0. The van der Waals surface area contributed by atoms with Crippen molar-refractivity contribution in [2.24, 2.45) is 0 Å². The Bertz CT molecular complexity index is 740. The molecule has 26 heavy (non-hydrogen) atoms. The van der Waals surface area contributed by atoms with Crippen molar-refractivity contribution < 1.29 is 14.3 Å². The van der Waals surface area contributed by atoms with Crippen molar-refractivity contribution in [2.45, 2.75) is 19.6 Å². The van der Waals surface area contributed by atoms with Crippen LogP contribution in [0, 0.1) is 0 Å². The number of benzene rings is 2. The van der Waals surface area contributed by atoms with Crippen molar-refractivity contribution in [2.75, 3.05) is 25.6 Å². The van der Waals surface area contributed by atoms with E-state index in [0.29, 0.717) is 35.6 Å². The van der Waals surface area contributed by atoms with E-state index in [4.69, 9.17) is 32.7 Å². The fraction of sp³-hybridized carbons (Fsp3) is 0.316. The zero-order valence-corrected chi connectivity index (χ0v) is 16.2. The van der Waals surface area contributed by atoms with E-state index in [0.717, 1.165) is 11.1 Å². The van der Waals surface area contributed by atoms with Crippen LogP contribution in [0.25, 0.3) is 0 Å².